The van der Waals surface area contributed by atoms with Crippen LogP contribution >= 0.6 is 0 Å². The van der Waals surface area contributed by atoms with Crippen molar-refractivity contribution in [1.82, 2.24) is 10.2 Å². The lowest BCUT2D eigenvalue weighted by atomic mass is 9.99. The van der Waals surface area contributed by atoms with E-state index in [2.05, 4.69) is 10.2 Å². The van der Waals surface area contributed by atoms with E-state index >= 15 is 0 Å². The van der Waals surface area contributed by atoms with Crippen LogP contribution in [0.5, 0.6) is 11.5 Å². The third-order valence-electron chi connectivity index (χ3n) is 6.38. The van der Waals surface area contributed by atoms with Crippen LogP contribution in [0.25, 0.3) is 0 Å². The number of esters is 1. The minimum absolute atomic E-state index is 0.0197. The molecule has 2 heterocycles. The molecule has 8 heteroatoms. The molecular formula is C25H38N2O6. The van der Waals surface area contributed by atoms with Crippen molar-refractivity contribution in [2.45, 2.75) is 70.5 Å². The Bertz CT molecular complexity index is 799. The third-order valence-corrected chi connectivity index (χ3v) is 6.38. The Morgan fingerprint density at radius 1 is 1.12 bits per heavy atom. The maximum atomic E-state index is 12.3. The molecule has 2 aliphatic rings. The molecular weight excluding hydrogens is 424 g/mol. The zero-order valence-corrected chi connectivity index (χ0v) is 20.2. The van der Waals surface area contributed by atoms with Crippen LogP contribution in [0.3, 0.4) is 0 Å². The van der Waals surface area contributed by atoms with E-state index in [0.29, 0.717) is 23.6 Å². The largest absolute Gasteiger partial charge is 0.497 e. The number of alkyl carbamates (subject to hydrolysis) is 1. The number of nitrogens with zero attached hydrogens (tertiary/aromatic N) is 1. The van der Waals surface area contributed by atoms with Crippen LogP contribution in [0.4, 0.5) is 4.79 Å². The highest BCUT2D eigenvalue weighted by Crippen LogP contribution is 2.41. The Hall–Kier alpha value is -2.48. The van der Waals surface area contributed by atoms with E-state index in [4.69, 9.17) is 18.9 Å². The predicted molar refractivity (Wildman–Crippen MR) is 125 cm³/mol. The highest BCUT2D eigenvalue weighted by atomic mass is 16.6. The maximum Gasteiger partial charge on any atom is 0.407 e. The van der Waals surface area contributed by atoms with Crippen molar-refractivity contribution in [2.24, 2.45) is 0 Å². The van der Waals surface area contributed by atoms with Gasteiger partial charge in [0.05, 0.1) is 14.2 Å². The van der Waals surface area contributed by atoms with Gasteiger partial charge in [-0.2, -0.15) is 0 Å². The fourth-order valence-electron chi connectivity index (χ4n) is 4.63. The Balaban J connectivity index is 1.28. The number of unbranched alkanes of at least 4 members (excludes halogenated alkanes) is 5. The van der Waals surface area contributed by atoms with Gasteiger partial charge in [0.1, 0.15) is 29.3 Å². The molecule has 2 aliphatic heterocycles. The summed E-state index contributed by atoms with van der Waals surface area (Å²) in [6.45, 7) is 5.39. The zero-order chi connectivity index (χ0) is 23.6. The summed E-state index contributed by atoms with van der Waals surface area (Å²) in [6.07, 6.45) is 8.12. The first-order valence-electron chi connectivity index (χ1n) is 12.2. The number of nitrogens with one attached hydrogen (secondary N) is 1. The summed E-state index contributed by atoms with van der Waals surface area (Å²) < 4.78 is 21.7. The molecule has 0 aromatic heterocycles. The minimum Gasteiger partial charge on any atom is -0.497 e. The van der Waals surface area contributed by atoms with E-state index in [1.54, 1.807) is 20.3 Å². The molecule has 0 bridgehead atoms. The number of likely N-dealkylation sites (tertiary alicyclic amines) is 1. The topological polar surface area (TPSA) is 86.3 Å². The zero-order valence-electron chi connectivity index (χ0n) is 20.2. The SMILES string of the molecule is CCNC(=O)O[C@H]1CCN(CCCCCCCC[C@H]2OC(=O)c3c(OC)cc(OC)cc32)C1. The fraction of sp³-hybridized carbons (Fsp3) is 0.680. The molecule has 0 radical (unpaired) electrons. The van der Waals surface area contributed by atoms with Gasteiger partial charge in [0, 0.05) is 31.3 Å². The van der Waals surface area contributed by atoms with Crippen molar-refractivity contribution in [2.75, 3.05) is 40.4 Å². The Morgan fingerprint density at radius 3 is 2.61 bits per heavy atom. The van der Waals surface area contributed by atoms with Crippen molar-refractivity contribution < 1.29 is 28.5 Å². The number of hydrogen-bond acceptors (Lipinski definition) is 7. The summed E-state index contributed by atoms with van der Waals surface area (Å²) in [5.74, 6) is 0.876. The molecule has 1 aromatic carbocycles. The average Bonchev–Trinajstić information content (AvgIpc) is 3.38. The Morgan fingerprint density at radius 2 is 1.88 bits per heavy atom. The minimum atomic E-state index is -0.310. The van der Waals surface area contributed by atoms with Crippen LogP contribution in [0, 0.1) is 0 Å². The van der Waals surface area contributed by atoms with Crippen molar-refractivity contribution in [3.8, 4) is 11.5 Å². The van der Waals surface area contributed by atoms with Crippen molar-refractivity contribution in [1.29, 1.82) is 0 Å². The van der Waals surface area contributed by atoms with E-state index in [-0.39, 0.29) is 24.3 Å². The molecule has 33 heavy (non-hydrogen) atoms. The lowest BCUT2D eigenvalue weighted by molar-refractivity contribution is 0.0361. The highest BCUT2D eigenvalue weighted by Gasteiger charge is 2.34. The number of methoxy groups -OCH3 is 2. The lowest BCUT2D eigenvalue weighted by Gasteiger charge is -2.16. The molecule has 0 unspecified atom stereocenters. The fourth-order valence-corrected chi connectivity index (χ4v) is 4.63. The van der Waals surface area contributed by atoms with Crippen LogP contribution in [0.1, 0.15) is 80.3 Å². The van der Waals surface area contributed by atoms with Gasteiger partial charge in [-0.15, -0.1) is 0 Å². The van der Waals surface area contributed by atoms with Gasteiger partial charge in [-0.3, -0.25) is 4.90 Å². The summed E-state index contributed by atoms with van der Waals surface area (Å²) >= 11 is 0. The summed E-state index contributed by atoms with van der Waals surface area (Å²) in [6, 6.07) is 3.61. The van der Waals surface area contributed by atoms with E-state index in [0.717, 1.165) is 50.9 Å². The van der Waals surface area contributed by atoms with Crippen molar-refractivity contribution >= 4 is 12.1 Å². The predicted octanol–water partition coefficient (Wildman–Crippen LogP) is 4.47. The number of rotatable bonds is 13. The second-order valence-corrected chi connectivity index (χ2v) is 8.74. The number of carbonyl (C=O) groups excluding carboxylic acids is 2. The van der Waals surface area contributed by atoms with Gasteiger partial charge in [0.2, 0.25) is 0 Å². The molecule has 1 fully saturated rings. The van der Waals surface area contributed by atoms with Crippen LogP contribution in [0.2, 0.25) is 0 Å². The number of cyclic esters (lactones) is 1. The van der Waals surface area contributed by atoms with E-state index in [9.17, 15) is 9.59 Å². The van der Waals surface area contributed by atoms with Crippen LogP contribution in [-0.2, 0) is 9.47 Å². The molecule has 3 rings (SSSR count). The molecule has 0 saturated carbocycles. The molecule has 184 valence electrons. The maximum absolute atomic E-state index is 12.3. The van der Waals surface area contributed by atoms with Gasteiger partial charge in [-0.05, 0) is 45.2 Å². The van der Waals surface area contributed by atoms with E-state index < -0.39 is 0 Å². The van der Waals surface area contributed by atoms with Crippen LogP contribution in [0.15, 0.2) is 12.1 Å². The smallest absolute Gasteiger partial charge is 0.407 e. The summed E-state index contributed by atoms with van der Waals surface area (Å²) in [5, 5.41) is 2.68. The number of carbonyl (C=O) groups is 2. The molecule has 0 spiro atoms. The van der Waals surface area contributed by atoms with E-state index in [1.807, 2.05) is 13.0 Å². The number of benzene rings is 1. The van der Waals surface area contributed by atoms with Crippen molar-refractivity contribution in [3.05, 3.63) is 23.3 Å². The molecule has 1 aromatic rings. The second-order valence-electron chi connectivity index (χ2n) is 8.74. The number of fused-ring (bicyclic) bond motifs is 1. The molecule has 1 saturated heterocycles. The summed E-state index contributed by atoms with van der Waals surface area (Å²) in [4.78, 5) is 26.2. The molecule has 8 nitrogen and oxygen atoms in total. The van der Waals surface area contributed by atoms with E-state index in [1.165, 1.54) is 25.7 Å². The van der Waals surface area contributed by atoms with Gasteiger partial charge < -0.3 is 24.3 Å². The average molecular weight is 463 g/mol. The molecule has 0 aliphatic carbocycles. The first kappa shape index (κ1) is 25.1. The van der Waals surface area contributed by atoms with Gasteiger partial charge in [-0.1, -0.05) is 25.7 Å². The van der Waals surface area contributed by atoms with Crippen LogP contribution in [-0.4, -0.2) is 63.5 Å². The summed E-state index contributed by atoms with van der Waals surface area (Å²) in [5.41, 5.74) is 1.40. The number of hydrogen-bond donors (Lipinski definition) is 1. The standard InChI is InChI=1S/C25H38N2O6/c1-4-26-25(29)32-18-12-14-27(17-18)13-10-8-6-5-7-9-11-21-20-15-19(30-2)16-22(31-3)23(20)24(28)33-21/h15-16,18,21H,4-14,17H2,1-3H3,(H,26,29)/t18-,21+/m0/s1. The quantitative estimate of drug-likeness (QED) is 0.342. The van der Waals surface area contributed by atoms with Gasteiger partial charge in [0.15, 0.2) is 0 Å². The lowest BCUT2D eigenvalue weighted by Crippen LogP contribution is -2.31. The monoisotopic (exact) mass is 462 g/mol. The molecule has 1 amide bonds. The third kappa shape index (κ3) is 7.00. The highest BCUT2D eigenvalue weighted by molar-refractivity contribution is 5.97. The number of ether oxygens (including phenoxy) is 4. The first-order valence-corrected chi connectivity index (χ1v) is 12.2. The Labute approximate surface area is 196 Å². The van der Waals surface area contributed by atoms with Crippen molar-refractivity contribution in [3.63, 3.8) is 0 Å². The number of amides is 1. The second kappa shape index (κ2) is 12.7. The van der Waals surface area contributed by atoms with Crippen LogP contribution < -0.4 is 14.8 Å². The summed E-state index contributed by atoms with van der Waals surface area (Å²) in [7, 11) is 3.16. The van der Waals surface area contributed by atoms with Gasteiger partial charge >= 0.3 is 12.1 Å². The van der Waals surface area contributed by atoms with Gasteiger partial charge in [0.25, 0.3) is 0 Å². The van der Waals surface area contributed by atoms with Gasteiger partial charge in [-0.25, -0.2) is 9.59 Å². The normalized spacial score (nSPS) is 19.8. The molecule has 2 atom stereocenters. The first-order chi connectivity index (χ1) is 16.0. The Kier molecular flexibility index (Phi) is 9.66. The molecule has 1 N–H and O–H groups in total.